The number of hydrogen-bond donors (Lipinski definition) is 1. The molecule has 0 radical (unpaired) electrons. The normalized spacial score (nSPS) is 15.0. The van der Waals surface area contributed by atoms with Crippen LogP contribution in [-0.2, 0) is 11.3 Å². The highest BCUT2D eigenvalue weighted by atomic mass is 35.5. The van der Waals surface area contributed by atoms with Crippen LogP contribution in [0.25, 0.3) is 5.69 Å². The lowest BCUT2D eigenvalue weighted by atomic mass is 10.0. The zero-order valence-corrected chi connectivity index (χ0v) is 20.9. The number of carbonyl (C=O) groups is 1. The summed E-state index contributed by atoms with van der Waals surface area (Å²) >= 11 is 7.41. The Kier molecular flexibility index (Phi) is 7.73. The van der Waals surface area contributed by atoms with Crippen LogP contribution in [0.15, 0.2) is 47.6 Å². The van der Waals surface area contributed by atoms with E-state index < -0.39 is 0 Å². The monoisotopic (exact) mass is 483 g/mol. The van der Waals surface area contributed by atoms with Crippen molar-refractivity contribution in [2.45, 2.75) is 51.4 Å². The van der Waals surface area contributed by atoms with E-state index in [9.17, 15) is 4.79 Å². The van der Waals surface area contributed by atoms with Crippen LogP contribution >= 0.6 is 23.4 Å². The number of carbonyl (C=O) groups excluding carboxylic acids is 1. The predicted octanol–water partition coefficient (Wildman–Crippen LogP) is 4.72. The molecule has 1 aliphatic heterocycles. The first-order valence-electron chi connectivity index (χ1n) is 11.3. The molecule has 0 saturated carbocycles. The lowest BCUT2D eigenvalue weighted by molar-refractivity contribution is -0.119. The molecule has 0 atom stereocenters. The topological polar surface area (TPSA) is 63.1 Å². The quantitative estimate of drug-likeness (QED) is 0.493. The number of nitrogens with one attached hydrogen (secondary N) is 1. The van der Waals surface area contributed by atoms with E-state index in [2.05, 4.69) is 64.6 Å². The minimum absolute atomic E-state index is 0.0457. The van der Waals surface area contributed by atoms with E-state index in [1.165, 1.54) is 22.9 Å². The average Bonchev–Trinajstić information content (AvgIpc) is 3.17. The summed E-state index contributed by atoms with van der Waals surface area (Å²) < 4.78 is 2.04. The lowest BCUT2D eigenvalue weighted by Gasteiger charge is -2.32. The van der Waals surface area contributed by atoms with Crippen molar-refractivity contribution in [1.82, 2.24) is 25.0 Å². The van der Waals surface area contributed by atoms with Crippen LogP contribution in [0.2, 0.25) is 5.02 Å². The van der Waals surface area contributed by atoms with Crippen molar-refractivity contribution < 1.29 is 4.79 Å². The molecule has 1 amide bonds. The Morgan fingerprint density at radius 1 is 1.09 bits per heavy atom. The SMILES string of the molecule is Cc1ccc(C)c(-n2c(C)nnc2SCC(=O)NC2CCN(Cc3ccc(Cl)cc3)CC2)c1. The highest BCUT2D eigenvalue weighted by Crippen LogP contribution is 2.25. The Hall–Kier alpha value is -2.35. The number of benzene rings is 2. The first kappa shape index (κ1) is 23.8. The molecule has 1 saturated heterocycles. The number of nitrogens with zero attached hydrogens (tertiary/aromatic N) is 4. The number of aromatic nitrogens is 3. The van der Waals surface area contributed by atoms with Crippen molar-refractivity contribution >= 4 is 29.3 Å². The number of amides is 1. The molecular weight excluding hydrogens is 454 g/mol. The van der Waals surface area contributed by atoms with Gasteiger partial charge in [-0.25, -0.2) is 0 Å². The van der Waals surface area contributed by atoms with Crippen molar-refractivity contribution in [1.29, 1.82) is 0 Å². The summed E-state index contributed by atoms with van der Waals surface area (Å²) in [6.07, 6.45) is 1.92. The molecule has 1 aliphatic rings. The fourth-order valence-electron chi connectivity index (χ4n) is 4.16. The summed E-state index contributed by atoms with van der Waals surface area (Å²) in [6.45, 7) is 8.96. The van der Waals surface area contributed by atoms with Gasteiger partial charge in [-0.1, -0.05) is 47.6 Å². The zero-order chi connectivity index (χ0) is 23.4. The van der Waals surface area contributed by atoms with Gasteiger partial charge < -0.3 is 5.32 Å². The van der Waals surface area contributed by atoms with Crippen LogP contribution in [0.5, 0.6) is 0 Å². The summed E-state index contributed by atoms with van der Waals surface area (Å²) in [5.41, 5.74) is 4.66. The van der Waals surface area contributed by atoms with Gasteiger partial charge in [0.2, 0.25) is 5.91 Å². The minimum Gasteiger partial charge on any atom is -0.353 e. The van der Waals surface area contributed by atoms with Crippen LogP contribution < -0.4 is 5.32 Å². The highest BCUT2D eigenvalue weighted by Gasteiger charge is 2.21. The number of thioether (sulfide) groups is 1. The maximum absolute atomic E-state index is 12.6. The fourth-order valence-corrected chi connectivity index (χ4v) is 5.08. The van der Waals surface area contributed by atoms with E-state index in [1.807, 2.05) is 23.6 Å². The van der Waals surface area contributed by atoms with E-state index in [0.29, 0.717) is 5.75 Å². The van der Waals surface area contributed by atoms with Gasteiger partial charge in [0, 0.05) is 30.7 Å². The van der Waals surface area contributed by atoms with Crippen LogP contribution in [0.1, 0.15) is 35.4 Å². The second kappa shape index (κ2) is 10.7. The summed E-state index contributed by atoms with van der Waals surface area (Å²) in [4.78, 5) is 15.1. The van der Waals surface area contributed by atoms with Gasteiger partial charge in [0.25, 0.3) is 0 Å². The van der Waals surface area contributed by atoms with E-state index in [-0.39, 0.29) is 11.9 Å². The van der Waals surface area contributed by atoms with E-state index in [4.69, 9.17) is 11.6 Å². The van der Waals surface area contributed by atoms with Crippen molar-refractivity contribution in [2.24, 2.45) is 0 Å². The average molecular weight is 484 g/mol. The Balaban J connectivity index is 1.28. The third-order valence-corrected chi connectivity index (χ3v) is 7.19. The molecule has 0 aliphatic carbocycles. The van der Waals surface area contributed by atoms with Gasteiger partial charge >= 0.3 is 0 Å². The zero-order valence-electron chi connectivity index (χ0n) is 19.3. The molecule has 1 aromatic heterocycles. The number of rotatable bonds is 7. The Morgan fingerprint density at radius 2 is 1.82 bits per heavy atom. The molecule has 0 bridgehead atoms. The van der Waals surface area contributed by atoms with Crippen LogP contribution in [0.4, 0.5) is 0 Å². The molecule has 1 N–H and O–H groups in total. The van der Waals surface area contributed by atoms with Crippen molar-refractivity contribution in [2.75, 3.05) is 18.8 Å². The summed E-state index contributed by atoms with van der Waals surface area (Å²) in [7, 11) is 0. The first-order chi connectivity index (χ1) is 15.9. The number of halogens is 1. The van der Waals surface area contributed by atoms with Crippen LogP contribution in [-0.4, -0.2) is 50.5 Å². The molecule has 4 rings (SSSR count). The van der Waals surface area contributed by atoms with Crippen molar-refractivity contribution in [3.05, 3.63) is 70.0 Å². The van der Waals surface area contributed by atoms with E-state index in [1.54, 1.807) is 0 Å². The molecule has 2 aromatic carbocycles. The third kappa shape index (κ3) is 6.16. The summed E-state index contributed by atoms with van der Waals surface area (Å²) in [5.74, 6) is 1.19. The highest BCUT2D eigenvalue weighted by molar-refractivity contribution is 7.99. The summed E-state index contributed by atoms with van der Waals surface area (Å²) in [5, 5.41) is 13.3. The predicted molar refractivity (Wildman–Crippen MR) is 134 cm³/mol. The molecule has 0 spiro atoms. The van der Waals surface area contributed by atoms with Crippen LogP contribution in [0, 0.1) is 20.8 Å². The van der Waals surface area contributed by atoms with Gasteiger partial charge in [-0.2, -0.15) is 0 Å². The molecule has 0 unspecified atom stereocenters. The maximum atomic E-state index is 12.6. The number of aryl methyl sites for hydroxylation is 3. The Morgan fingerprint density at radius 3 is 2.55 bits per heavy atom. The fraction of sp³-hybridized carbons (Fsp3) is 0.400. The maximum Gasteiger partial charge on any atom is 0.230 e. The van der Waals surface area contributed by atoms with Crippen molar-refractivity contribution in [3.63, 3.8) is 0 Å². The van der Waals surface area contributed by atoms with Gasteiger partial charge in [-0.15, -0.1) is 10.2 Å². The van der Waals surface area contributed by atoms with Gasteiger partial charge in [-0.3, -0.25) is 14.3 Å². The molecule has 3 aromatic rings. The number of piperidine rings is 1. The number of likely N-dealkylation sites (tertiary alicyclic amines) is 1. The largest absolute Gasteiger partial charge is 0.353 e. The Labute approximate surface area is 204 Å². The van der Waals surface area contributed by atoms with Gasteiger partial charge in [0.15, 0.2) is 5.16 Å². The molecule has 1 fully saturated rings. The smallest absolute Gasteiger partial charge is 0.230 e. The van der Waals surface area contributed by atoms with E-state index >= 15 is 0 Å². The lowest BCUT2D eigenvalue weighted by Crippen LogP contribution is -2.44. The standard InChI is InChI=1S/C25H30ClN5OS/c1-17-4-5-18(2)23(14-17)31-19(3)28-29-25(31)33-16-24(32)27-22-10-12-30(13-11-22)15-20-6-8-21(26)9-7-20/h4-9,14,22H,10-13,15-16H2,1-3H3,(H,27,32). The summed E-state index contributed by atoms with van der Waals surface area (Å²) in [6, 6.07) is 14.6. The Bertz CT molecular complexity index is 1110. The molecule has 33 heavy (non-hydrogen) atoms. The number of hydrogen-bond acceptors (Lipinski definition) is 5. The van der Waals surface area contributed by atoms with Gasteiger partial charge in [0.1, 0.15) is 5.82 Å². The second-order valence-corrected chi connectivity index (χ2v) is 10.1. The molecular formula is C25H30ClN5OS. The molecule has 174 valence electrons. The van der Waals surface area contributed by atoms with E-state index in [0.717, 1.165) is 59.7 Å². The van der Waals surface area contributed by atoms with Gasteiger partial charge in [-0.05, 0) is 68.5 Å². The van der Waals surface area contributed by atoms with Crippen molar-refractivity contribution in [3.8, 4) is 5.69 Å². The molecule has 6 nitrogen and oxygen atoms in total. The first-order valence-corrected chi connectivity index (χ1v) is 12.6. The second-order valence-electron chi connectivity index (χ2n) is 8.69. The van der Waals surface area contributed by atoms with Gasteiger partial charge in [0.05, 0.1) is 11.4 Å². The minimum atomic E-state index is 0.0457. The third-order valence-electron chi connectivity index (χ3n) is 6.01. The molecule has 2 heterocycles. The molecule has 8 heteroatoms. The van der Waals surface area contributed by atoms with Crippen LogP contribution in [0.3, 0.4) is 0 Å².